The van der Waals surface area contributed by atoms with Gasteiger partial charge in [0.15, 0.2) is 0 Å². The molecule has 0 saturated carbocycles. The fraction of sp³-hybridized carbons (Fsp3) is 0.739. The van der Waals surface area contributed by atoms with Gasteiger partial charge in [-0.3, -0.25) is 0 Å². The Hall–Kier alpha value is -0.803. The summed E-state index contributed by atoms with van der Waals surface area (Å²) in [5.41, 5.74) is 3.45. The van der Waals surface area contributed by atoms with E-state index < -0.39 is 8.32 Å². The van der Waals surface area contributed by atoms with Gasteiger partial charge >= 0.3 is 0 Å². The molecule has 0 fully saturated rings. The highest BCUT2D eigenvalue weighted by atomic mass is 28.4. The molecule has 0 aromatic carbocycles. The summed E-state index contributed by atoms with van der Waals surface area (Å²) in [4.78, 5) is 0. The van der Waals surface area contributed by atoms with Gasteiger partial charge in [0.05, 0.1) is 11.9 Å². The van der Waals surface area contributed by atoms with Crippen molar-refractivity contribution in [3.05, 3.63) is 35.1 Å². The predicted molar refractivity (Wildman–Crippen MR) is 115 cm³/mol. The van der Waals surface area contributed by atoms with Crippen molar-refractivity contribution in [2.75, 3.05) is 7.11 Å². The van der Waals surface area contributed by atoms with Crippen molar-refractivity contribution in [1.82, 2.24) is 0 Å². The molecule has 2 unspecified atom stereocenters. The Morgan fingerprint density at radius 3 is 2.81 bits per heavy atom. The fourth-order valence-corrected chi connectivity index (χ4v) is 5.01. The normalized spacial score (nSPS) is 27.3. The molecule has 0 heterocycles. The molecule has 0 radical (unpaired) electrons. The molecule has 0 N–H and O–H groups in total. The van der Waals surface area contributed by atoms with Gasteiger partial charge in [-0.15, -0.1) is 0 Å². The molecule has 0 spiro atoms. The third kappa shape index (κ3) is 7.44. The molecule has 0 aliphatic heterocycles. The third-order valence-electron chi connectivity index (χ3n) is 5.68. The number of ether oxygens (including phenoxy) is 1. The van der Waals surface area contributed by atoms with Gasteiger partial charge in [-0.05, 0) is 89.4 Å². The topological polar surface area (TPSA) is 18.5 Å². The SMILES string of the molecule is COC1CCC=C(CC/C=C(\C)CCC2(C)C=C(O[Si](C)(C)C)CC2)C1. The summed E-state index contributed by atoms with van der Waals surface area (Å²) in [6.07, 6.45) is 18.4. The smallest absolute Gasteiger partial charge is 0.241 e. The average Bonchev–Trinajstić information content (AvgIpc) is 2.93. The molecule has 3 heteroatoms. The Morgan fingerprint density at radius 1 is 1.35 bits per heavy atom. The Kier molecular flexibility index (Phi) is 7.78. The summed E-state index contributed by atoms with van der Waals surface area (Å²) < 4.78 is 11.7. The van der Waals surface area contributed by atoms with Crippen molar-refractivity contribution >= 4 is 8.32 Å². The summed E-state index contributed by atoms with van der Waals surface area (Å²) in [5, 5.41) is 0. The number of hydrogen-bond donors (Lipinski definition) is 0. The highest BCUT2D eigenvalue weighted by Crippen LogP contribution is 2.41. The number of rotatable bonds is 9. The lowest BCUT2D eigenvalue weighted by Crippen LogP contribution is -2.24. The Morgan fingerprint density at radius 2 is 2.12 bits per heavy atom. The zero-order chi connectivity index (χ0) is 19.2. The molecular formula is C23H40O2Si. The first-order valence-electron chi connectivity index (χ1n) is 10.5. The van der Waals surface area contributed by atoms with E-state index in [-0.39, 0.29) is 0 Å². The summed E-state index contributed by atoms with van der Waals surface area (Å²) in [5.74, 6) is 1.25. The first kappa shape index (κ1) is 21.5. The first-order valence-corrected chi connectivity index (χ1v) is 13.9. The molecule has 26 heavy (non-hydrogen) atoms. The maximum atomic E-state index is 6.22. The second-order valence-electron chi connectivity index (χ2n) is 9.57. The molecule has 2 rings (SSSR count). The van der Waals surface area contributed by atoms with E-state index in [4.69, 9.17) is 9.16 Å². The van der Waals surface area contributed by atoms with Gasteiger partial charge in [0.1, 0.15) is 0 Å². The van der Waals surface area contributed by atoms with Crippen molar-refractivity contribution in [3.8, 4) is 0 Å². The van der Waals surface area contributed by atoms with Gasteiger partial charge in [0.25, 0.3) is 0 Å². The van der Waals surface area contributed by atoms with E-state index in [0.29, 0.717) is 11.5 Å². The van der Waals surface area contributed by atoms with Crippen molar-refractivity contribution in [3.63, 3.8) is 0 Å². The molecule has 0 saturated heterocycles. The lowest BCUT2D eigenvalue weighted by Gasteiger charge is -2.22. The summed E-state index contributed by atoms with van der Waals surface area (Å²) >= 11 is 0. The minimum atomic E-state index is -1.47. The Labute approximate surface area is 162 Å². The van der Waals surface area contributed by atoms with Crippen LogP contribution in [0.25, 0.3) is 0 Å². The van der Waals surface area contributed by atoms with Gasteiger partial charge in [0, 0.05) is 13.5 Å². The molecule has 0 bridgehead atoms. The lowest BCUT2D eigenvalue weighted by molar-refractivity contribution is 0.0917. The summed E-state index contributed by atoms with van der Waals surface area (Å²) in [6.45, 7) is 11.5. The highest BCUT2D eigenvalue weighted by molar-refractivity contribution is 6.70. The second kappa shape index (κ2) is 9.41. The quantitative estimate of drug-likeness (QED) is 0.314. The van der Waals surface area contributed by atoms with Crippen LogP contribution in [0, 0.1) is 5.41 Å². The second-order valence-corrected chi connectivity index (χ2v) is 14.0. The lowest BCUT2D eigenvalue weighted by atomic mass is 9.84. The zero-order valence-corrected chi connectivity index (χ0v) is 19.0. The van der Waals surface area contributed by atoms with Crippen LogP contribution in [-0.2, 0) is 9.16 Å². The molecule has 2 atom stereocenters. The predicted octanol–water partition coefficient (Wildman–Crippen LogP) is 7.15. The molecule has 0 aromatic rings. The molecule has 148 valence electrons. The van der Waals surface area contributed by atoms with E-state index in [1.807, 2.05) is 7.11 Å². The molecule has 0 amide bonds. The van der Waals surface area contributed by atoms with Crippen LogP contribution >= 0.6 is 0 Å². The molecule has 2 aliphatic carbocycles. The minimum Gasteiger partial charge on any atom is -0.548 e. The van der Waals surface area contributed by atoms with Gasteiger partial charge in [-0.25, -0.2) is 0 Å². The summed E-state index contributed by atoms with van der Waals surface area (Å²) in [6, 6.07) is 0. The van der Waals surface area contributed by atoms with Crippen molar-refractivity contribution < 1.29 is 9.16 Å². The van der Waals surface area contributed by atoms with E-state index in [1.165, 1.54) is 50.7 Å². The van der Waals surface area contributed by atoms with Crippen molar-refractivity contribution in [2.24, 2.45) is 5.41 Å². The van der Waals surface area contributed by atoms with Gasteiger partial charge in [0.2, 0.25) is 8.32 Å². The van der Waals surface area contributed by atoms with Gasteiger partial charge in [-0.1, -0.05) is 30.2 Å². The van der Waals surface area contributed by atoms with E-state index in [9.17, 15) is 0 Å². The van der Waals surface area contributed by atoms with Crippen LogP contribution in [0.4, 0.5) is 0 Å². The Bertz CT molecular complexity index is 553. The number of hydrogen-bond acceptors (Lipinski definition) is 2. The monoisotopic (exact) mass is 376 g/mol. The van der Waals surface area contributed by atoms with Crippen LogP contribution in [0.3, 0.4) is 0 Å². The minimum absolute atomic E-state index is 0.321. The molecule has 2 nitrogen and oxygen atoms in total. The van der Waals surface area contributed by atoms with Crippen LogP contribution in [0.2, 0.25) is 19.6 Å². The van der Waals surface area contributed by atoms with E-state index in [1.54, 1.807) is 11.1 Å². The van der Waals surface area contributed by atoms with Crippen LogP contribution < -0.4 is 0 Å². The maximum absolute atomic E-state index is 6.22. The van der Waals surface area contributed by atoms with Gasteiger partial charge in [-0.2, -0.15) is 0 Å². The fourth-order valence-electron chi connectivity index (χ4n) is 4.06. The van der Waals surface area contributed by atoms with E-state index in [2.05, 4.69) is 51.7 Å². The first-order chi connectivity index (χ1) is 12.2. The maximum Gasteiger partial charge on any atom is 0.241 e. The van der Waals surface area contributed by atoms with Crippen LogP contribution in [0.15, 0.2) is 35.1 Å². The standard InChI is InChI=1S/C23H40O2Si/c1-19(9-7-10-20-11-8-12-21(17-20)24-3)13-15-23(2)16-14-22(18-23)25-26(4,5)6/h9,11,18,21H,7-8,10,12-17H2,1-6H3/b19-9+. The molecule has 2 aliphatic rings. The van der Waals surface area contributed by atoms with Crippen LogP contribution in [-0.4, -0.2) is 21.5 Å². The largest absolute Gasteiger partial charge is 0.548 e. The number of methoxy groups -OCH3 is 1. The highest BCUT2D eigenvalue weighted by Gasteiger charge is 2.30. The zero-order valence-electron chi connectivity index (χ0n) is 18.0. The van der Waals surface area contributed by atoms with Crippen LogP contribution in [0.1, 0.15) is 71.6 Å². The third-order valence-corrected chi connectivity index (χ3v) is 6.56. The average molecular weight is 377 g/mol. The van der Waals surface area contributed by atoms with Crippen molar-refractivity contribution in [1.29, 1.82) is 0 Å². The van der Waals surface area contributed by atoms with Gasteiger partial charge < -0.3 is 9.16 Å². The van der Waals surface area contributed by atoms with E-state index in [0.717, 1.165) is 12.8 Å². The van der Waals surface area contributed by atoms with Crippen LogP contribution in [0.5, 0.6) is 0 Å². The van der Waals surface area contributed by atoms with Crippen molar-refractivity contribution in [2.45, 2.75) is 97.4 Å². The summed E-state index contributed by atoms with van der Waals surface area (Å²) in [7, 11) is 0.378. The molecule has 0 aromatic heterocycles. The molecular weight excluding hydrogens is 336 g/mol. The number of allylic oxidation sites excluding steroid dienone is 5. The van der Waals surface area contributed by atoms with E-state index >= 15 is 0 Å². The Balaban J connectivity index is 1.75.